The molecule has 106 valence electrons. The van der Waals surface area contributed by atoms with Crippen LogP contribution in [0, 0.1) is 11.8 Å². The molecule has 0 radical (unpaired) electrons. The van der Waals surface area contributed by atoms with Crippen LogP contribution in [0.25, 0.3) is 10.2 Å². The summed E-state index contributed by atoms with van der Waals surface area (Å²) in [6, 6.07) is 2.03. The van der Waals surface area contributed by atoms with Crippen LogP contribution in [0.15, 0.2) is 17.8 Å². The Kier molecular flexibility index (Phi) is 3.82. The van der Waals surface area contributed by atoms with Gasteiger partial charge in [0, 0.05) is 6.54 Å². The van der Waals surface area contributed by atoms with Crippen LogP contribution in [0.5, 0.6) is 0 Å². The summed E-state index contributed by atoms with van der Waals surface area (Å²) < 4.78 is 0. The van der Waals surface area contributed by atoms with Crippen LogP contribution in [-0.4, -0.2) is 27.6 Å². The van der Waals surface area contributed by atoms with E-state index in [0.29, 0.717) is 5.92 Å². The lowest BCUT2D eigenvalue weighted by atomic mass is 9.82. The first-order chi connectivity index (χ1) is 9.74. The maximum atomic E-state index is 10.9. The van der Waals surface area contributed by atoms with Gasteiger partial charge in [-0.25, -0.2) is 9.97 Å². The topological polar surface area (TPSA) is 75.1 Å². The number of nitrogens with zero attached hydrogens (tertiary/aromatic N) is 2. The van der Waals surface area contributed by atoms with Crippen LogP contribution < -0.4 is 5.32 Å². The highest BCUT2D eigenvalue weighted by Gasteiger charge is 2.25. The van der Waals surface area contributed by atoms with E-state index < -0.39 is 5.97 Å². The maximum Gasteiger partial charge on any atom is 0.306 e. The molecule has 2 heterocycles. The predicted molar refractivity (Wildman–Crippen MR) is 79.0 cm³/mol. The van der Waals surface area contributed by atoms with Gasteiger partial charge in [-0.05, 0) is 43.0 Å². The van der Waals surface area contributed by atoms with Crippen LogP contribution in [0.2, 0.25) is 0 Å². The number of carboxylic acid groups (broad SMARTS) is 1. The molecule has 0 atom stereocenters. The third kappa shape index (κ3) is 2.75. The highest BCUT2D eigenvalue weighted by molar-refractivity contribution is 7.16. The summed E-state index contributed by atoms with van der Waals surface area (Å²) in [5, 5.41) is 15.5. The summed E-state index contributed by atoms with van der Waals surface area (Å²) >= 11 is 1.61. The molecule has 1 saturated carbocycles. The molecule has 6 heteroatoms. The Balaban J connectivity index is 1.58. The number of rotatable bonds is 4. The normalized spacial score (nSPS) is 22.8. The molecule has 2 aromatic heterocycles. The second-order valence-electron chi connectivity index (χ2n) is 5.30. The van der Waals surface area contributed by atoms with Gasteiger partial charge in [-0.2, -0.15) is 0 Å². The molecule has 0 spiro atoms. The number of aromatic nitrogens is 2. The minimum Gasteiger partial charge on any atom is -0.481 e. The van der Waals surface area contributed by atoms with Gasteiger partial charge in [-0.3, -0.25) is 4.79 Å². The van der Waals surface area contributed by atoms with Crippen LogP contribution >= 0.6 is 11.3 Å². The summed E-state index contributed by atoms with van der Waals surface area (Å²) in [5.41, 5.74) is 0. The van der Waals surface area contributed by atoms with Crippen LogP contribution in [0.3, 0.4) is 0 Å². The fraction of sp³-hybridized carbons (Fsp3) is 0.500. The number of carbonyl (C=O) groups is 1. The Hall–Kier alpha value is -1.69. The van der Waals surface area contributed by atoms with Crippen molar-refractivity contribution in [3.8, 4) is 0 Å². The smallest absolute Gasteiger partial charge is 0.306 e. The number of nitrogens with one attached hydrogen (secondary N) is 1. The van der Waals surface area contributed by atoms with Gasteiger partial charge in [0.05, 0.1) is 11.3 Å². The summed E-state index contributed by atoms with van der Waals surface area (Å²) in [6.07, 6.45) is 5.12. The summed E-state index contributed by atoms with van der Waals surface area (Å²) in [7, 11) is 0. The average molecular weight is 291 g/mol. The molecule has 1 aliphatic rings. The Bertz CT molecular complexity index is 605. The lowest BCUT2D eigenvalue weighted by molar-refractivity contribution is -0.143. The van der Waals surface area contributed by atoms with Crippen LogP contribution in [0.4, 0.5) is 5.82 Å². The molecule has 0 unspecified atom stereocenters. The molecule has 0 saturated heterocycles. The van der Waals surface area contributed by atoms with Crippen molar-refractivity contribution in [2.45, 2.75) is 25.7 Å². The summed E-state index contributed by atoms with van der Waals surface area (Å²) in [6.45, 7) is 0.855. The van der Waals surface area contributed by atoms with E-state index >= 15 is 0 Å². The Morgan fingerprint density at radius 1 is 1.35 bits per heavy atom. The molecular formula is C14H17N3O2S. The monoisotopic (exact) mass is 291 g/mol. The number of thiophene rings is 1. The molecule has 3 rings (SSSR count). The number of anilines is 1. The van der Waals surface area contributed by atoms with Crippen molar-refractivity contribution in [3.05, 3.63) is 17.8 Å². The number of carboxylic acids is 1. The molecule has 5 nitrogen and oxygen atoms in total. The number of hydrogen-bond donors (Lipinski definition) is 2. The van der Waals surface area contributed by atoms with Gasteiger partial charge in [0.25, 0.3) is 0 Å². The van der Waals surface area contributed by atoms with Gasteiger partial charge in [0.1, 0.15) is 17.0 Å². The van der Waals surface area contributed by atoms with Crippen molar-refractivity contribution in [1.82, 2.24) is 9.97 Å². The molecule has 0 aliphatic heterocycles. The van der Waals surface area contributed by atoms with E-state index in [-0.39, 0.29) is 5.92 Å². The first-order valence-electron chi connectivity index (χ1n) is 6.89. The van der Waals surface area contributed by atoms with Gasteiger partial charge in [0.2, 0.25) is 0 Å². The van der Waals surface area contributed by atoms with E-state index in [1.165, 1.54) is 0 Å². The van der Waals surface area contributed by atoms with E-state index in [4.69, 9.17) is 5.11 Å². The largest absolute Gasteiger partial charge is 0.481 e. The first kappa shape index (κ1) is 13.3. The molecule has 1 aliphatic carbocycles. The number of fused-ring (bicyclic) bond motifs is 1. The maximum absolute atomic E-state index is 10.9. The zero-order chi connectivity index (χ0) is 13.9. The fourth-order valence-electron chi connectivity index (χ4n) is 2.79. The second-order valence-corrected chi connectivity index (χ2v) is 6.19. The molecule has 2 N–H and O–H groups in total. The van der Waals surface area contributed by atoms with Crippen molar-refractivity contribution in [2.24, 2.45) is 11.8 Å². The molecule has 1 fully saturated rings. The molecule has 0 amide bonds. The Labute approximate surface area is 121 Å². The van der Waals surface area contributed by atoms with Gasteiger partial charge in [-0.1, -0.05) is 0 Å². The lowest BCUT2D eigenvalue weighted by Gasteiger charge is -2.26. The van der Waals surface area contributed by atoms with Gasteiger partial charge >= 0.3 is 5.97 Å². The summed E-state index contributed by atoms with van der Waals surface area (Å²) in [5.74, 6) is 0.631. The average Bonchev–Trinajstić information content (AvgIpc) is 2.94. The highest BCUT2D eigenvalue weighted by atomic mass is 32.1. The van der Waals surface area contributed by atoms with E-state index in [9.17, 15) is 4.79 Å². The SMILES string of the molecule is O=C(O)C1CCC(CNc2ncnc3sccc23)CC1. The molecule has 0 bridgehead atoms. The van der Waals surface area contributed by atoms with Crippen LogP contribution in [0.1, 0.15) is 25.7 Å². The predicted octanol–water partition coefficient (Wildman–Crippen LogP) is 2.99. The number of aliphatic carboxylic acids is 1. The van der Waals surface area contributed by atoms with Crippen molar-refractivity contribution < 1.29 is 9.90 Å². The van der Waals surface area contributed by atoms with E-state index in [1.54, 1.807) is 17.7 Å². The zero-order valence-electron chi connectivity index (χ0n) is 11.1. The van der Waals surface area contributed by atoms with Gasteiger partial charge in [0.15, 0.2) is 0 Å². The van der Waals surface area contributed by atoms with E-state index in [2.05, 4.69) is 15.3 Å². The standard InChI is InChI=1S/C14H17N3O2S/c18-14(19)10-3-1-9(2-4-10)7-15-12-11-5-6-20-13(11)17-8-16-12/h5-6,8-10H,1-4,7H2,(H,18,19)(H,15,16,17). The fourth-order valence-corrected chi connectivity index (χ4v) is 3.52. The minimum atomic E-state index is -0.646. The third-order valence-electron chi connectivity index (χ3n) is 4.02. The zero-order valence-corrected chi connectivity index (χ0v) is 11.9. The number of hydrogen-bond acceptors (Lipinski definition) is 5. The lowest BCUT2D eigenvalue weighted by Crippen LogP contribution is -2.25. The van der Waals surface area contributed by atoms with E-state index in [1.807, 2.05) is 11.4 Å². The Morgan fingerprint density at radius 2 is 2.15 bits per heavy atom. The van der Waals surface area contributed by atoms with Gasteiger partial charge < -0.3 is 10.4 Å². The molecular weight excluding hydrogens is 274 g/mol. The van der Waals surface area contributed by atoms with Crippen molar-refractivity contribution in [1.29, 1.82) is 0 Å². The third-order valence-corrected chi connectivity index (χ3v) is 4.84. The highest BCUT2D eigenvalue weighted by Crippen LogP contribution is 2.30. The van der Waals surface area contributed by atoms with Crippen LogP contribution in [-0.2, 0) is 4.79 Å². The van der Waals surface area contributed by atoms with Crippen molar-refractivity contribution in [3.63, 3.8) is 0 Å². The van der Waals surface area contributed by atoms with E-state index in [0.717, 1.165) is 48.3 Å². The van der Waals surface area contributed by atoms with Gasteiger partial charge in [-0.15, -0.1) is 11.3 Å². The first-order valence-corrected chi connectivity index (χ1v) is 7.77. The molecule has 20 heavy (non-hydrogen) atoms. The quantitative estimate of drug-likeness (QED) is 0.905. The second kappa shape index (κ2) is 5.75. The minimum absolute atomic E-state index is 0.145. The van der Waals surface area contributed by atoms with Crippen molar-refractivity contribution in [2.75, 3.05) is 11.9 Å². The van der Waals surface area contributed by atoms with Crippen molar-refractivity contribution >= 4 is 33.3 Å². The molecule has 0 aromatic carbocycles. The summed E-state index contributed by atoms with van der Waals surface area (Å²) in [4.78, 5) is 20.4. The Morgan fingerprint density at radius 3 is 2.90 bits per heavy atom. The molecule has 2 aromatic rings.